The second-order valence-electron chi connectivity index (χ2n) is 7.70. The highest BCUT2D eigenvalue weighted by Gasteiger charge is 2.34. The molecule has 1 aromatic carbocycles. The van der Waals surface area contributed by atoms with E-state index >= 15 is 0 Å². The van der Waals surface area contributed by atoms with Gasteiger partial charge in [-0.25, -0.2) is 17.6 Å². The van der Waals surface area contributed by atoms with Crippen molar-refractivity contribution in [3.05, 3.63) is 34.6 Å². The van der Waals surface area contributed by atoms with Crippen molar-refractivity contribution in [2.45, 2.75) is 51.0 Å². The highest BCUT2D eigenvalue weighted by atomic mass is 35.5. The third-order valence-corrected chi connectivity index (χ3v) is 6.50. The third-order valence-electron chi connectivity index (χ3n) is 4.37. The number of carbonyl (C=O) groups excluding carboxylic acids is 1. The van der Waals surface area contributed by atoms with Crippen LogP contribution in [0.3, 0.4) is 0 Å². The minimum absolute atomic E-state index is 0.0400. The normalized spacial score (nSPS) is 19.0. The maximum atomic E-state index is 14.0. The number of carbonyl (C=O) groups is 1. The molecule has 0 spiro atoms. The van der Waals surface area contributed by atoms with Crippen molar-refractivity contribution >= 4 is 27.7 Å². The molecule has 1 atom stereocenters. The van der Waals surface area contributed by atoms with Crippen molar-refractivity contribution in [3.8, 4) is 0 Å². The molecule has 2 rings (SSSR count). The molecule has 1 aliphatic heterocycles. The first-order chi connectivity index (χ1) is 12.4. The average Bonchev–Trinajstić information content (AvgIpc) is 2.56. The summed E-state index contributed by atoms with van der Waals surface area (Å²) >= 11 is 5.96. The van der Waals surface area contributed by atoms with Gasteiger partial charge in [0.2, 0.25) is 10.0 Å². The monoisotopic (exact) mass is 420 g/mol. The summed E-state index contributed by atoms with van der Waals surface area (Å²) in [7, 11) is -2.18. The Balaban J connectivity index is 2.11. The van der Waals surface area contributed by atoms with Gasteiger partial charge in [-0.2, -0.15) is 4.31 Å². The number of nitrogens with zero attached hydrogens (tertiary/aromatic N) is 2. The van der Waals surface area contributed by atoms with Gasteiger partial charge >= 0.3 is 6.09 Å². The molecule has 9 heteroatoms. The molecule has 27 heavy (non-hydrogen) atoms. The van der Waals surface area contributed by atoms with Crippen LogP contribution < -0.4 is 0 Å². The van der Waals surface area contributed by atoms with Gasteiger partial charge in [-0.1, -0.05) is 17.7 Å². The second kappa shape index (κ2) is 8.32. The maximum absolute atomic E-state index is 14.0. The highest BCUT2D eigenvalue weighted by Crippen LogP contribution is 2.25. The Morgan fingerprint density at radius 2 is 2.07 bits per heavy atom. The van der Waals surface area contributed by atoms with Crippen molar-refractivity contribution in [2.24, 2.45) is 0 Å². The molecule has 0 unspecified atom stereocenters. The topological polar surface area (TPSA) is 66.9 Å². The van der Waals surface area contributed by atoms with Crippen LogP contribution in [0, 0.1) is 5.82 Å². The van der Waals surface area contributed by atoms with Crippen LogP contribution in [-0.4, -0.2) is 55.5 Å². The molecule has 0 saturated carbocycles. The van der Waals surface area contributed by atoms with Crippen molar-refractivity contribution in [1.29, 1.82) is 0 Å². The Morgan fingerprint density at radius 1 is 1.41 bits per heavy atom. The molecule has 1 heterocycles. The number of hydrogen-bond acceptors (Lipinski definition) is 4. The zero-order valence-electron chi connectivity index (χ0n) is 16.0. The predicted octanol–water partition coefficient (Wildman–Crippen LogP) is 3.64. The van der Waals surface area contributed by atoms with E-state index in [2.05, 4.69) is 0 Å². The Hall–Kier alpha value is -1.38. The minimum Gasteiger partial charge on any atom is -0.444 e. The number of amides is 1. The lowest BCUT2D eigenvalue weighted by Crippen LogP contribution is -2.51. The minimum atomic E-state index is -3.78. The lowest BCUT2D eigenvalue weighted by molar-refractivity contribution is 0.0173. The van der Waals surface area contributed by atoms with Gasteiger partial charge < -0.3 is 9.64 Å². The molecule has 0 aromatic heterocycles. The zero-order valence-corrected chi connectivity index (χ0v) is 17.6. The van der Waals surface area contributed by atoms with Crippen LogP contribution in [0.2, 0.25) is 5.02 Å². The predicted molar refractivity (Wildman–Crippen MR) is 103 cm³/mol. The summed E-state index contributed by atoms with van der Waals surface area (Å²) in [4.78, 5) is 13.7. The smallest absolute Gasteiger partial charge is 0.410 e. The fourth-order valence-electron chi connectivity index (χ4n) is 2.92. The molecular weight excluding hydrogens is 395 g/mol. The van der Waals surface area contributed by atoms with Crippen LogP contribution in [0.25, 0.3) is 0 Å². The van der Waals surface area contributed by atoms with E-state index in [9.17, 15) is 17.6 Å². The van der Waals surface area contributed by atoms with Crippen molar-refractivity contribution in [3.63, 3.8) is 0 Å². The van der Waals surface area contributed by atoms with E-state index in [1.807, 2.05) is 0 Å². The molecule has 0 radical (unpaired) electrons. The molecule has 1 aromatic rings. The Kier molecular flexibility index (Phi) is 6.76. The zero-order chi connectivity index (χ0) is 20.4. The first kappa shape index (κ1) is 21.9. The lowest BCUT2D eigenvalue weighted by atomic mass is 10.1. The van der Waals surface area contributed by atoms with Gasteiger partial charge in [-0.3, -0.25) is 0 Å². The van der Waals surface area contributed by atoms with E-state index in [4.69, 9.17) is 16.3 Å². The summed E-state index contributed by atoms with van der Waals surface area (Å²) in [6.07, 6.45) is 0.772. The summed E-state index contributed by atoms with van der Waals surface area (Å²) in [6, 6.07) is 3.77. The van der Waals surface area contributed by atoms with E-state index < -0.39 is 33.3 Å². The number of halogens is 2. The number of likely N-dealkylation sites (N-methyl/N-ethyl adjacent to an activating group) is 1. The highest BCUT2D eigenvalue weighted by molar-refractivity contribution is 7.88. The van der Waals surface area contributed by atoms with Gasteiger partial charge in [0.15, 0.2) is 0 Å². The van der Waals surface area contributed by atoms with Gasteiger partial charge in [0.25, 0.3) is 0 Å². The second-order valence-corrected chi connectivity index (χ2v) is 10.1. The van der Waals surface area contributed by atoms with Crippen LogP contribution in [0.5, 0.6) is 0 Å². The van der Waals surface area contributed by atoms with Crippen molar-refractivity contribution in [1.82, 2.24) is 9.21 Å². The number of ether oxygens (including phenoxy) is 1. The molecule has 1 fully saturated rings. The fraction of sp³-hybridized carbons (Fsp3) is 0.611. The van der Waals surface area contributed by atoms with E-state index in [0.717, 1.165) is 0 Å². The largest absolute Gasteiger partial charge is 0.444 e. The van der Waals surface area contributed by atoms with E-state index in [0.29, 0.717) is 19.4 Å². The third kappa shape index (κ3) is 5.80. The van der Waals surface area contributed by atoms with Crippen LogP contribution >= 0.6 is 11.6 Å². The van der Waals surface area contributed by atoms with Crippen molar-refractivity contribution < 1.29 is 22.3 Å². The number of piperidine rings is 1. The molecule has 1 amide bonds. The molecule has 6 nitrogen and oxygen atoms in total. The Bertz CT molecular complexity index is 775. The number of benzene rings is 1. The SMILES string of the molecule is CN(C(=O)OC(C)(C)C)[C@@H]1CCCN(S(=O)(=O)Cc2c(F)cccc2Cl)C1. The average molecular weight is 421 g/mol. The summed E-state index contributed by atoms with van der Waals surface area (Å²) < 4.78 is 46.2. The maximum Gasteiger partial charge on any atom is 0.410 e. The quantitative estimate of drug-likeness (QED) is 0.745. The summed E-state index contributed by atoms with van der Waals surface area (Å²) in [5, 5.41) is 0.0815. The fourth-order valence-corrected chi connectivity index (χ4v) is 4.87. The van der Waals surface area contributed by atoms with Crippen LogP contribution in [0.4, 0.5) is 9.18 Å². The summed E-state index contributed by atoms with van der Waals surface area (Å²) in [6.45, 7) is 5.79. The molecule has 0 bridgehead atoms. The molecule has 0 aliphatic carbocycles. The van der Waals surface area contributed by atoms with Gasteiger partial charge in [0.1, 0.15) is 11.4 Å². The Labute approximate surface area is 165 Å². The van der Waals surface area contributed by atoms with E-state index in [-0.39, 0.29) is 23.2 Å². The molecule has 152 valence electrons. The first-order valence-corrected chi connectivity index (χ1v) is 10.8. The molecule has 0 N–H and O–H groups in total. The van der Waals surface area contributed by atoms with Crippen LogP contribution in [-0.2, 0) is 20.5 Å². The molecule has 1 aliphatic rings. The van der Waals surface area contributed by atoms with E-state index in [1.54, 1.807) is 27.8 Å². The van der Waals surface area contributed by atoms with Gasteiger partial charge in [-0.05, 0) is 45.7 Å². The van der Waals surface area contributed by atoms with Gasteiger partial charge in [0.05, 0.1) is 5.75 Å². The van der Waals surface area contributed by atoms with Crippen LogP contribution in [0.15, 0.2) is 18.2 Å². The lowest BCUT2D eigenvalue weighted by Gasteiger charge is -2.37. The Morgan fingerprint density at radius 3 is 2.67 bits per heavy atom. The summed E-state index contributed by atoms with van der Waals surface area (Å²) in [5.74, 6) is -1.16. The number of rotatable bonds is 4. The standard InChI is InChI=1S/C18H26ClFN2O4S/c1-18(2,3)26-17(23)21(4)13-7-6-10-22(11-13)27(24,25)12-14-15(19)8-5-9-16(14)20/h5,8-9,13H,6-7,10-12H2,1-4H3/t13-/m1/s1. The van der Waals surface area contributed by atoms with Gasteiger partial charge in [0, 0.05) is 36.8 Å². The molecular formula is C18H26ClFN2O4S. The number of hydrogen-bond donors (Lipinski definition) is 0. The summed E-state index contributed by atoms with van der Waals surface area (Å²) in [5.41, 5.74) is -0.672. The number of sulfonamides is 1. The van der Waals surface area contributed by atoms with E-state index in [1.165, 1.54) is 27.4 Å². The van der Waals surface area contributed by atoms with Crippen molar-refractivity contribution in [2.75, 3.05) is 20.1 Å². The first-order valence-electron chi connectivity index (χ1n) is 8.77. The molecule has 1 saturated heterocycles. The van der Waals surface area contributed by atoms with Crippen LogP contribution in [0.1, 0.15) is 39.2 Å². The van der Waals surface area contributed by atoms with Gasteiger partial charge in [-0.15, -0.1) is 0 Å².